The van der Waals surface area contributed by atoms with Crippen molar-refractivity contribution in [3.05, 3.63) is 23.8 Å². The predicted octanol–water partition coefficient (Wildman–Crippen LogP) is 4.12. The molecule has 2 heterocycles. The largest absolute Gasteiger partial charge is 0.508 e. The normalized spacial score (nSPS) is 29.3. The molecule has 116 valence electrons. The van der Waals surface area contributed by atoms with Crippen molar-refractivity contribution in [2.45, 2.75) is 58.1 Å². The average molecular weight is 289 g/mol. The molecule has 0 aliphatic carbocycles. The number of fused-ring (bicyclic) bond motifs is 1. The van der Waals surface area contributed by atoms with E-state index in [9.17, 15) is 5.11 Å². The van der Waals surface area contributed by atoms with Gasteiger partial charge in [-0.15, -0.1) is 0 Å². The summed E-state index contributed by atoms with van der Waals surface area (Å²) in [5.41, 5.74) is 1.06. The van der Waals surface area contributed by atoms with Gasteiger partial charge in [-0.05, 0) is 58.2 Å². The van der Waals surface area contributed by atoms with Crippen LogP contribution in [-0.4, -0.2) is 28.7 Å². The number of likely N-dealkylation sites (tertiary alicyclic amines) is 1. The molecule has 1 aromatic rings. The van der Waals surface area contributed by atoms with Crippen LogP contribution in [-0.2, 0) is 0 Å². The van der Waals surface area contributed by atoms with Gasteiger partial charge in [0.2, 0.25) is 0 Å². The van der Waals surface area contributed by atoms with Gasteiger partial charge in [-0.3, -0.25) is 4.90 Å². The summed E-state index contributed by atoms with van der Waals surface area (Å²) in [6.45, 7) is 9.00. The number of aromatic hydroxyl groups is 1. The maximum absolute atomic E-state index is 9.74. The van der Waals surface area contributed by atoms with Gasteiger partial charge in [0.05, 0.1) is 0 Å². The summed E-state index contributed by atoms with van der Waals surface area (Å²) >= 11 is 0. The summed E-state index contributed by atoms with van der Waals surface area (Å²) in [6, 6.07) is 6.01. The van der Waals surface area contributed by atoms with Gasteiger partial charge in [0, 0.05) is 24.1 Å². The molecular weight excluding hydrogens is 262 g/mol. The topological polar surface area (TPSA) is 32.7 Å². The Morgan fingerprint density at radius 1 is 1.24 bits per heavy atom. The van der Waals surface area contributed by atoms with Crippen molar-refractivity contribution in [1.82, 2.24) is 4.90 Å². The number of hydrogen-bond donors (Lipinski definition) is 1. The molecule has 2 atom stereocenters. The molecule has 0 amide bonds. The minimum absolute atomic E-state index is 0.177. The van der Waals surface area contributed by atoms with Crippen LogP contribution in [0.2, 0.25) is 0 Å². The van der Waals surface area contributed by atoms with Gasteiger partial charge in [0.15, 0.2) is 0 Å². The van der Waals surface area contributed by atoms with E-state index in [2.05, 4.69) is 25.7 Å². The van der Waals surface area contributed by atoms with Crippen molar-refractivity contribution >= 4 is 0 Å². The lowest BCUT2D eigenvalue weighted by Gasteiger charge is -2.42. The van der Waals surface area contributed by atoms with Crippen molar-refractivity contribution in [2.75, 3.05) is 13.1 Å². The van der Waals surface area contributed by atoms with Crippen molar-refractivity contribution in [1.29, 1.82) is 0 Å². The van der Waals surface area contributed by atoms with Gasteiger partial charge in [0.1, 0.15) is 17.1 Å². The number of ether oxygens (including phenoxy) is 1. The SMILES string of the molecule is CC1CCCN(C2CC(C)(C)Oc3cc(O)ccc32)CC1. The summed E-state index contributed by atoms with van der Waals surface area (Å²) in [5.74, 6) is 1.98. The molecule has 2 aliphatic heterocycles. The fourth-order valence-corrected chi connectivity index (χ4v) is 3.72. The van der Waals surface area contributed by atoms with Gasteiger partial charge in [-0.1, -0.05) is 13.0 Å². The van der Waals surface area contributed by atoms with E-state index >= 15 is 0 Å². The second-order valence-electron chi connectivity index (χ2n) is 7.38. The zero-order valence-corrected chi connectivity index (χ0v) is 13.4. The number of phenolic OH excluding ortho intramolecular Hbond substituents is 1. The first-order valence-electron chi connectivity index (χ1n) is 8.20. The van der Waals surface area contributed by atoms with E-state index in [1.54, 1.807) is 12.1 Å². The van der Waals surface area contributed by atoms with Crippen LogP contribution < -0.4 is 4.74 Å². The molecule has 0 saturated carbocycles. The van der Waals surface area contributed by atoms with Gasteiger partial charge in [0.25, 0.3) is 0 Å². The highest BCUT2D eigenvalue weighted by Gasteiger charge is 2.37. The van der Waals surface area contributed by atoms with E-state index < -0.39 is 0 Å². The van der Waals surface area contributed by atoms with Crippen molar-refractivity contribution < 1.29 is 9.84 Å². The monoisotopic (exact) mass is 289 g/mol. The Hall–Kier alpha value is -1.22. The number of nitrogens with zero attached hydrogens (tertiary/aromatic N) is 1. The molecular formula is C18H27NO2. The predicted molar refractivity (Wildman–Crippen MR) is 84.8 cm³/mol. The van der Waals surface area contributed by atoms with Crippen LogP contribution in [0.5, 0.6) is 11.5 Å². The molecule has 0 radical (unpaired) electrons. The van der Waals surface area contributed by atoms with E-state index in [0.717, 1.165) is 18.1 Å². The molecule has 1 fully saturated rings. The standard InChI is InChI=1S/C18H27NO2/c1-13-5-4-9-19(10-8-13)16-12-18(2,3)21-17-11-14(20)6-7-15(16)17/h6-7,11,13,16,20H,4-5,8-10,12H2,1-3H3. The van der Waals surface area contributed by atoms with Crippen LogP contribution in [0, 0.1) is 5.92 Å². The highest BCUT2D eigenvalue weighted by molar-refractivity contribution is 5.44. The van der Waals surface area contributed by atoms with Gasteiger partial charge in [-0.2, -0.15) is 0 Å². The van der Waals surface area contributed by atoms with Crippen LogP contribution in [0.25, 0.3) is 0 Å². The second kappa shape index (κ2) is 5.53. The number of hydrogen-bond acceptors (Lipinski definition) is 3. The lowest BCUT2D eigenvalue weighted by Crippen LogP contribution is -2.41. The van der Waals surface area contributed by atoms with Crippen molar-refractivity contribution in [3.63, 3.8) is 0 Å². The minimum Gasteiger partial charge on any atom is -0.508 e. The zero-order chi connectivity index (χ0) is 15.0. The number of benzene rings is 1. The lowest BCUT2D eigenvalue weighted by atomic mass is 9.88. The summed E-state index contributed by atoms with van der Waals surface area (Å²) in [4.78, 5) is 2.63. The van der Waals surface area contributed by atoms with Crippen LogP contribution in [0.4, 0.5) is 0 Å². The number of rotatable bonds is 1. The average Bonchev–Trinajstić information content (AvgIpc) is 2.61. The van der Waals surface area contributed by atoms with Gasteiger partial charge < -0.3 is 9.84 Å². The Bertz CT molecular complexity index is 512. The fourth-order valence-electron chi connectivity index (χ4n) is 3.72. The van der Waals surface area contributed by atoms with Crippen LogP contribution in [0.3, 0.4) is 0 Å². The summed E-state index contributed by atoms with van der Waals surface area (Å²) < 4.78 is 6.09. The highest BCUT2D eigenvalue weighted by atomic mass is 16.5. The third-order valence-electron chi connectivity index (χ3n) is 4.92. The molecule has 1 N–H and O–H groups in total. The molecule has 21 heavy (non-hydrogen) atoms. The maximum Gasteiger partial charge on any atom is 0.128 e. The smallest absolute Gasteiger partial charge is 0.128 e. The first-order valence-corrected chi connectivity index (χ1v) is 8.20. The Morgan fingerprint density at radius 2 is 2.05 bits per heavy atom. The fraction of sp³-hybridized carbons (Fsp3) is 0.667. The second-order valence-corrected chi connectivity index (χ2v) is 7.38. The molecule has 1 saturated heterocycles. The third-order valence-corrected chi connectivity index (χ3v) is 4.92. The number of phenols is 1. The summed E-state index contributed by atoms with van der Waals surface area (Å²) in [5, 5.41) is 9.74. The van der Waals surface area contributed by atoms with Crippen LogP contribution in [0.15, 0.2) is 18.2 Å². The Labute approximate surface area is 127 Å². The maximum atomic E-state index is 9.74. The first-order chi connectivity index (χ1) is 9.94. The summed E-state index contributed by atoms with van der Waals surface area (Å²) in [6.07, 6.45) is 4.92. The summed E-state index contributed by atoms with van der Waals surface area (Å²) in [7, 11) is 0. The molecule has 2 aliphatic rings. The third kappa shape index (κ3) is 3.18. The van der Waals surface area contributed by atoms with E-state index in [1.807, 2.05) is 6.07 Å². The molecule has 2 unspecified atom stereocenters. The molecule has 0 aromatic heterocycles. The first kappa shape index (κ1) is 14.7. The Morgan fingerprint density at radius 3 is 2.86 bits per heavy atom. The highest BCUT2D eigenvalue weighted by Crippen LogP contribution is 2.44. The zero-order valence-electron chi connectivity index (χ0n) is 13.4. The Kier molecular flexibility index (Phi) is 3.87. The van der Waals surface area contributed by atoms with Crippen LogP contribution in [0.1, 0.15) is 58.1 Å². The van der Waals surface area contributed by atoms with E-state index in [1.165, 1.54) is 37.9 Å². The Balaban J connectivity index is 1.91. The quantitative estimate of drug-likeness (QED) is 0.844. The lowest BCUT2D eigenvalue weighted by molar-refractivity contribution is 0.0302. The molecule has 0 spiro atoms. The van der Waals surface area contributed by atoms with Crippen molar-refractivity contribution in [3.8, 4) is 11.5 Å². The molecule has 1 aromatic carbocycles. The van der Waals surface area contributed by atoms with E-state index in [4.69, 9.17) is 4.74 Å². The van der Waals surface area contributed by atoms with E-state index in [-0.39, 0.29) is 11.4 Å². The molecule has 3 rings (SSSR count). The van der Waals surface area contributed by atoms with Crippen LogP contribution >= 0.6 is 0 Å². The molecule has 3 nitrogen and oxygen atoms in total. The molecule has 3 heteroatoms. The van der Waals surface area contributed by atoms with Crippen molar-refractivity contribution in [2.24, 2.45) is 5.92 Å². The molecule has 0 bridgehead atoms. The minimum atomic E-state index is -0.177. The van der Waals surface area contributed by atoms with E-state index in [0.29, 0.717) is 6.04 Å². The van der Waals surface area contributed by atoms with Gasteiger partial charge in [-0.25, -0.2) is 0 Å². The van der Waals surface area contributed by atoms with Gasteiger partial charge >= 0.3 is 0 Å².